The molecule has 0 saturated carbocycles. The predicted molar refractivity (Wildman–Crippen MR) is 79.6 cm³/mol. The number of allylic oxidation sites excluding steroid dienone is 1. The molecule has 1 unspecified atom stereocenters. The maximum absolute atomic E-state index is 14.1. The predicted octanol–water partition coefficient (Wildman–Crippen LogP) is 2.99. The lowest BCUT2D eigenvalue weighted by Gasteiger charge is -2.32. The van der Waals surface area contributed by atoms with Gasteiger partial charge in [-0.3, -0.25) is 0 Å². The van der Waals surface area contributed by atoms with Crippen molar-refractivity contribution in [3.8, 4) is 5.69 Å². The fourth-order valence-electron chi connectivity index (χ4n) is 2.62. The molecule has 1 N–H and O–H groups in total. The van der Waals surface area contributed by atoms with E-state index in [0.29, 0.717) is 12.2 Å². The second-order valence-electron chi connectivity index (χ2n) is 5.75. The van der Waals surface area contributed by atoms with Crippen LogP contribution in [0.1, 0.15) is 31.7 Å². The van der Waals surface area contributed by atoms with Gasteiger partial charge >= 0.3 is 0 Å². The largest absolute Gasteiger partial charge is 0.307 e. The summed E-state index contributed by atoms with van der Waals surface area (Å²) in [5, 5.41) is 7.49. The Kier molecular flexibility index (Phi) is 3.84. The first-order valence-electron chi connectivity index (χ1n) is 7.20. The zero-order valence-electron chi connectivity index (χ0n) is 12.1. The normalized spacial score (nSPS) is 21.6. The number of rotatable bonds is 4. The Morgan fingerprint density at radius 1 is 1.38 bits per heavy atom. The first kappa shape index (κ1) is 13.9. The Balaban J connectivity index is 1.70. The number of halogens is 1. The minimum atomic E-state index is -0.284. The van der Waals surface area contributed by atoms with Crippen molar-refractivity contribution < 1.29 is 4.39 Å². The van der Waals surface area contributed by atoms with Gasteiger partial charge in [-0.25, -0.2) is 14.1 Å². The molecule has 2 aromatic rings. The van der Waals surface area contributed by atoms with Gasteiger partial charge in [0.05, 0.1) is 0 Å². The zero-order chi connectivity index (χ0) is 14.7. The van der Waals surface area contributed by atoms with Crippen molar-refractivity contribution in [3.05, 3.63) is 54.4 Å². The lowest BCUT2D eigenvalue weighted by molar-refractivity contribution is 0.323. The summed E-state index contributed by atoms with van der Waals surface area (Å²) in [4.78, 5) is 3.84. The van der Waals surface area contributed by atoms with Gasteiger partial charge in [0.25, 0.3) is 0 Å². The molecule has 3 rings (SSSR count). The Hall–Kier alpha value is -2.01. The van der Waals surface area contributed by atoms with Crippen LogP contribution in [0, 0.1) is 5.82 Å². The van der Waals surface area contributed by atoms with Crippen LogP contribution in [0.2, 0.25) is 0 Å². The van der Waals surface area contributed by atoms with E-state index in [1.54, 1.807) is 12.1 Å². The van der Waals surface area contributed by atoms with Gasteiger partial charge in [-0.05, 0) is 43.9 Å². The Morgan fingerprint density at radius 2 is 2.29 bits per heavy atom. The highest BCUT2D eigenvalue weighted by Crippen LogP contribution is 2.23. The monoisotopic (exact) mass is 286 g/mol. The molecule has 0 amide bonds. The molecule has 110 valence electrons. The molecule has 4 nitrogen and oxygen atoms in total. The SMILES string of the molecule is CC1(NCc2ccc(-n3cncn3)c(F)c2)CC=CCC1. The molecule has 1 aliphatic carbocycles. The quantitative estimate of drug-likeness (QED) is 0.879. The second kappa shape index (κ2) is 5.77. The molecule has 1 aromatic carbocycles. The molecular formula is C16H19FN4. The molecule has 0 spiro atoms. The summed E-state index contributed by atoms with van der Waals surface area (Å²) in [5.41, 5.74) is 1.46. The van der Waals surface area contributed by atoms with Crippen LogP contribution < -0.4 is 5.32 Å². The van der Waals surface area contributed by atoms with E-state index in [0.717, 1.165) is 24.8 Å². The number of benzene rings is 1. The van der Waals surface area contributed by atoms with E-state index in [2.05, 4.69) is 34.5 Å². The Labute approximate surface area is 123 Å². The van der Waals surface area contributed by atoms with E-state index in [1.807, 2.05) is 6.07 Å². The van der Waals surface area contributed by atoms with Gasteiger partial charge in [0.1, 0.15) is 24.2 Å². The Bertz CT molecular complexity index is 636. The third-order valence-electron chi connectivity index (χ3n) is 3.99. The van der Waals surface area contributed by atoms with Crippen LogP contribution in [0.3, 0.4) is 0 Å². The van der Waals surface area contributed by atoms with Gasteiger partial charge in [-0.2, -0.15) is 5.10 Å². The van der Waals surface area contributed by atoms with Crippen molar-refractivity contribution in [1.29, 1.82) is 0 Å². The molecule has 1 aliphatic rings. The number of hydrogen-bond donors (Lipinski definition) is 1. The van der Waals surface area contributed by atoms with Crippen molar-refractivity contribution in [1.82, 2.24) is 20.1 Å². The minimum Gasteiger partial charge on any atom is -0.307 e. The third-order valence-corrected chi connectivity index (χ3v) is 3.99. The topological polar surface area (TPSA) is 42.7 Å². The summed E-state index contributed by atoms with van der Waals surface area (Å²) in [7, 11) is 0. The van der Waals surface area contributed by atoms with Gasteiger partial charge in [0.15, 0.2) is 0 Å². The molecular weight excluding hydrogens is 267 g/mol. The summed E-state index contributed by atoms with van der Waals surface area (Å²) in [6.45, 7) is 2.88. The molecule has 0 radical (unpaired) electrons. The van der Waals surface area contributed by atoms with E-state index in [4.69, 9.17) is 0 Å². The zero-order valence-corrected chi connectivity index (χ0v) is 12.1. The smallest absolute Gasteiger partial charge is 0.149 e. The highest BCUT2D eigenvalue weighted by Gasteiger charge is 2.23. The third kappa shape index (κ3) is 3.19. The summed E-state index contributed by atoms with van der Waals surface area (Å²) < 4.78 is 15.6. The fraction of sp³-hybridized carbons (Fsp3) is 0.375. The molecule has 5 heteroatoms. The van der Waals surface area contributed by atoms with E-state index in [-0.39, 0.29) is 11.4 Å². The van der Waals surface area contributed by atoms with E-state index < -0.39 is 0 Å². The molecule has 0 bridgehead atoms. The number of aromatic nitrogens is 3. The standard InChI is InChI=1S/C16H19FN4/c1-16(7-3-2-4-8-16)19-10-13-5-6-15(14(17)9-13)21-12-18-11-20-21/h2-3,5-6,9,11-12,19H,4,7-8,10H2,1H3. The van der Waals surface area contributed by atoms with E-state index in [9.17, 15) is 4.39 Å². The van der Waals surface area contributed by atoms with Gasteiger partial charge in [0, 0.05) is 12.1 Å². The first-order valence-corrected chi connectivity index (χ1v) is 7.20. The van der Waals surface area contributed by atoms with Crippen LogP contribution >= 0.6 is 0 Å². The van der Waals surface area contributed by atoms with Gasteiger partial charge in [-0.15, -0.1) is 0 Å². The van der Waals surface area contributed by atoms with Crippen LogP contribution in [0.25, 0.3) is 5.69 Å². The van der Waals surface area contributed by atoms with Crippen LogP contribution in [-0.2, 0) is 6.54 Å². The maximum atomic E-state index is 14.1. The number of hydrogen-bond acceptors (Lipinski definition) is 3. The first-order chi connectivity index (χ1) is 10.2. The fourth-order valence-corrected chi connectivity index (χ4v) is 2.62. The van der Waals surface area contributed by atoms with Crippen molar-refractivity contribution in [2.75, 3.05) is 0 Å². The molecule has 0 saturated heterocycles. The van der Waals surface area contributed by atoms with Gasteiger partial charge in [-0.1, -0.05) is 18.2 Å². The summed E-state index contributed by atoms with van der Waals surface area (Å²) in [6.07, 6.45) is 10.6. The average molecular weight is 286 g/mol. The number of nitrogens with one attached hydrogen (secondary N) is 1. The summed E-state index contributed by atoms with van der Waals surface area (Å²) in [6, 6.07) is 5.23. The lowest BCUT2D eigenvalue weighted by Crippen LogP contribution is -2.42. The number of nitrogens with zero attached hydrogens (tertiary/aromatic N) is 3. The van der Waals surface area contributed by atoms with Gasteiger partial charge in [0.2, 0.25) is 0 Å². The minimum absolute atomic E-state index is 0.107. The second-order valence-corrected chi connectivity index (χ2v) is 5.75. The Morgan fingerprint density at radius 3 is 2.95 bits per heavy atom. The molecule has 0 fully saturated rings. The highest BCUT2D eigenvalue weighted by molar-refractivity contribution is 5.35. The van der Waals surface area contributed by atoms with E-state index in [1.165, 1.54) is 17.3 Å². The highest BCUT2D eigenvalue weighted by atomic mass is 19.1. The van der Waals surface area contributed by atoms with Gasteiger partial charge < -0.3 is 5.32 Å². The van der Waals surface area contributed by atoms with Crippen LogP contribution in [-0.4, -0.2) is 20.3 Å². The van der Waals surface area contributed by atoms with Crippen LogP contribution in [0.15, 0.2) is 43.0 Å². The average Bonchev–Trinajstić information content (AvgIpc) is 3.00. The molecule has 1 aromatic heterocycles. The molecule has 21 heavy (non-hydrogen) atoms. The van der Waals surface area contributed by atoms with Crippen molar-refractivity contribution >= 4 is 0 Å². The van der Waals surface area contributed by atoms with Crippen molar-refractivity contribution in [2.24, 2.45) is 0 Å². The molecule has 1 heterocycles. The molecule has 0 aliphatic heterocycles. The van der Waals surface area contributed by atoms with Crippen LogP contribution in [0.5, 0.6) is 0 Å². The molecule has 1 atom stereocenters. The summed E-state index contributed by atoms with van der Waals surface area (Å²) >= 11 is 0. The maximum Gasteiger partial charge on any atom is 0.149 e. The van der Waals surface area contributed by atoms with Crippen molar-refractivity contribution in [3.63, 3.8) is 0 Å². The summed E-state index contributed by atoms with van der Waals surface area (Å²) in [5.74, 6) is -0.284. The lowest BCUT2D eigenvalue weighted by atomic mass is 9.87. The van der Waals surface area contributed by atoms with Crippen LogP contribution in [0.4, 0.5) is 4.39 Å². The van der Waals surface area contributed by atoms with E-state index >= 15 is 0 Å². The van der Waals surface area contributed by atoms with Crippen molar-refractivity contribution in [2.45, 2.75) is 38.3 Å².